The maximum Gasteiger partial charge on any atom is 0.421 e. The third kappa shape index (κ3) is 3.12. The zero-order valence-corrected chi connectivity index (χ0v) is 13.7. The van der Waals surface area contributed by atoms with Crippen molar-refractivity contribution in [2.24, 2.45) is 7.05 Å². The van der Waals surface area contributed by atoms with E-state index in [1.165, 1.54) is 30.8 Å². The molecule has 2 N–H and O–H groups in total. The summed E-state index contributed by atoms with van der Waals surface area (Å²) in [4.78, 5) is 19.0. The van der Waals surface area contributed by atoms with Crippen LogP contribution >= 0.6 is 11.6 Å². The zero-order valence-electron chi connectivity index (χ0n) is 12.9. The van der Waals surface area contributed by atoms with Gasteiger partial charge in [-0.2, -0.15) is 18.2 Å². The lowest BCUT2D eigenvalue weighted by Crippen LogP contribution is -2.12. The average molecular weight is 374 g/mol. The van der Waals surface area contributed by atoms with Gasteiger partial charge in [0.2, 0.25) is 5.95 Å². The highest BCUT2D eigenvalue weighted by atomic mass is 35.5. The lowest BCUT2D eigenvalue weighted by Gasteiger charge is -2.13. The van der Waals surface area contributed by atoms with E-state index in [2.05, 4.69) is 20.6 Å². The Bertz CT molecular complexity index is 1010. The highest BCUT2D eigenvalue weighted by Gasteiger charge is 2.35. The second-order valence-electron chi connectivity index (χ2n) is 5.06. The fourth-order valence-electron chi connectivity index (χ4n) is 2.27. The van der Waals surface area contributed by atoms with Crippen molar-refractivity contribution in [2.75, 3.05) is 17.7 Å². The van der Waals surface area contributed by atoms with Crippen LogP contribution in [0.15, 0.2) is 27.5 Å². The minimum atomic E-state index is -4.58. The van der Waals surface area contributed by atoms with E-state index < -0.39 is 17.5 Å². The van der Waals surface area contributed by atoms with E-state index in [1.54, 1.807) is 0 Å². The molecule has 0 radical (unpaired) electrons. The number of aryl methyl sites for hydroxylation is 1. The van der Waals surface area contributed by atoms with Crippen LogP contribution in [0.1, 0.15) is 5.56 Å². The molecule has 0 aliphatic rings. The third-order valence-corrected chi connectivity index (χ3v) is 3.71. The predicted molar refractivity (Wildman–Crippen MR) is 86.3 cm³/mol. The van der Waals surface area contributed by atoms with Gasteiger partial charge in [-0.1, -0.05) is 11.6 Å². The lowest BCUT2D eigenvalue weighted by atomic mass is 10.2. The second-order valence-corrected chi connectivity index (χ2v) is 5.47. The number of aromatic nitrogens is 3. The van der Waals surface area contributed by atoms with E-state index in [4.69, 9.17) is 16.0 Å². The molecule has 0 unspecified atom stereocenters. The molecule has 11 heteroatoms. The summed E-state index contributed by atoms with van der Waals surface area (Å²) in [6.07, 6.45) is -3.91. The molecule has 0 aliphatic carbocycles. The summed E-state index contributed by atoms with van der Waals surface area (Å²) in [6.45, 7) is 0. The topological polar surface area (TPSA) is 85.0 Å². The van der Waals surface area contributed by atoms with E-state index in [9.17, 15) is 18.0 Å². The van der Waals surface area contributed by atoms with Crippen LogP contribution in [0.5, 0.6) is 0 Å². The average Bonchev–Trinajstić information content (AvgIpc) is 2.81. The van der Waals surface area contributed by atoms with Crippen molar-refractivity contribution in [1.82, 2.24) is 14.5 Å². The van der Waals surface area contributed by atoms with Crippen LogP contribution in [-0.4, -0.2) is 21.6 Å². The summed E-state index contributed by atoms with van der Waals surface area (Å²) >= 11 is 6.13. The maximum atomic E-state index is 12.9. The maximum absolute atomic E-state index is 12.9. The molecule has 3 aromatic rings. The Morgan fingerprint density at radius 2 is 2.04 bits per heavy atom. The lowest BCUT2D eigenvalue weighted by molar-refractivity contribution is -0.137. The van der Waals surface area contributed by atoms with Gasteiger partial charge in [0.1, 0.15) is 16.9 Å². The van der Waals surface area contributed by atoms with E-state index in [1.807, 2.05) is 0 Å². The van der Waals surface area contributed by atoms with Gasteiger partial charge in [-0.05, 0) is 6.07 Å². The number of fused-ring (bicyclic) bond motifs is 1. The highest BCUT2D eigenvalue weighted by Crippen LogP contribution is 2.34. The Hall–Kier alpha value is -2.75. The van der Waals surface area contributed by atoms with Crippen LogP contribution in [0.2, 0.25) is 5.02 Å². The first kappa shape index (κ1) is 17.1. The van der Waals surface area contributed by atoms with Gasteiger partial charge in [-0.25, -0.2) is 9.78 Å². The molecule has 0 saturated heterocycles. The van der Waals surface area contributed by atoms with Gasteiger partial charge in [0.05, 0.1) is 5.02 Å². The molecule has 0 aliphatic heterocycles. The molecule has 0 fully saturated rings. The molecule has 132 valence electrons. The van der Waals surface area contributed by atoms with Crippen LogP contribution in [0.25, 0.3) is 11.1 Å². The van der Waals surface area contributed by atoms with E-state index >= 15 is 0 Å². The molecule has 3 rings (SSSR count). The number of hydrogen-bond donors (Lipinski definition) is 2. The Morgan fingerprint density at radius 1 is 1.32 bits per heavy atom. The standard InChI is InChI=1S/C14H11ClF3N5O2/c1-19-11-7(14(16,17)18)5-20-12(22-11)21-6-3-8(15)10-9(4-6)25-13(24)23(10)2/h3-5H,1-2H3,(H2,19,20,21,22). The summed E-state index contributed by atoms with van der Waals surface area (Å²) < 4.78 is 44.9. The van der Waals surface area contributed by atoms with Crippen molar-refractivity contribution in [2.45, 2.75) is 6.18 Å². The Morgan fingerprint density at radius 3 is 2.68 bits per heavy atom. The van der Waals surface area contributed by atoms with Crippen molar-refractivity contribution >= 4 is 40.2 Å². The summed E-state index contributed by atoms with van der Waals surface area (Å²) in [5, 5.41) is 5.34. The quantitative estimate of drug-likeness (QED) is 0.732. The van der Waals surface area contributed by atoms with Crippen LogP contribution in [-0.2, 0) is 13.2 Å². The van der Waals surface area contributed by atoms with Crippen LogP contribution in [0.3, 0.4) is 0 Å². The van der Waals surface area contributed by atoms with Crippen molar-refractivity contribution < 1.29 is 17.6 Å². The molecule has 0 amide bonds. The first-order valence-electron chi connectivity index (χ1n) is 6.89. The smallest absolute Gasteiger partial charge is 0.408 e. The fourth-order valence-corrected chi connectivity index (χ4v) is 2.61. The minimum Gasteiger partial charge on any atom is -0.408 e. The summed E-state index contributed by atoms with van der Waals surface area (Å²) in [5.74, 6) is -1.04. The number of alkyl halides is 3. The molecule has 0 saturated carbocycles. The molecule has 0 atom stereocenters. The molecule has 25 heavy (non-hydrogen) atoms. The predicted octanol–water partition coefficient (Wildman–Crippen LogP) is 3.38. The van der Waals surface area contributed by atoms with Crippen LogP contribution in [0.4, 0.5) is 30.6 Å². The number of oxazole rings is 1. The number of benzene rings is 1. The fraction of sp³-hybridized carbons (Fsp3) is 0.214. The number of hydrogen-bond acceptors (Lipinski definition) is 6. The zero-order chi connectivity index (χ0) is 18.4. The van der Waals surface area contributed by atoms with Gasteiger partial charge < -0.3 is 15.1 Å². The van der Waals surface area contributed by atoms with E-state index in [-0.39, 0.29) is 22.4 Å². The van der Waals surface area contributed by atoms with Gasteiger partial charge in [-0.15, -0.1) is 0 Å². The van der Waals surface area contributed by atoms with Crippen molar-refractivity contribution in [3.63, 3.8) is 0 Å². The number of nitrogens with one attached hydrogen (secondary N) is 2. The Kier molecular flexibility index (Phi) is 4.07. The third-order valence-electron chi connectivity index (χ3n) is 3.42. The molecular formula is C14H11ClF3N5O2. The Labute approximate surface area is 143 Å². The second kappa shape index (κ2) is 5.96. The summed E-state index contributed by atoms with van der Waals surface area (Å²) in [5.41, 5.74) is 0.00136. The van der Waals surface area contributed by atoms with Gasteiger partial charge in [0, 0.05) is 32.0 Å². The van der Waals surface area contributed by atoms with Crippen LogP contribution < -0.4 is 16.4 Å². The number of rotatable bonds is 3. The number of halogens is 4. The normalized spacial score (nSPS) is 11.8. The molecule has 2 heterocycles. The molecule has 0 spiro atoms. The first-order chi connectivity index (χ1) is 11.7. The van der Waals surface area contributed by atoms with Crippen molar-refractivity contribution in [1.29, 1.82) is 0 Å². The first-order valence-corrected chi connectivity index (χ1v) is 7.26. The molecule has 2 aromatic heterocycles. The monoisotopic (exact) mass is 373 g/mol. The van der Waals surface area contributed by atoms with Gasteiger partial charge in [-0.3, -0.25) is 4.57 Å². The van der Waals surface area contributed by atoms with Crippen LogP contribution in [0, 0.1) is 0 Å². The summed E-state index contributed by atoms with van der Waals surface area (Å²) in [7, 11) is 2.83. The van der Waals surface area contributed by atoms with E-state index in [0.717, 1.165) is 0 Å². The molecule has 7 nitrogen and oxygen atoms in total. The van der Waals surface area contributed by atoms with Crippen molar-refractivity contribution in [3.8, 4) is 0 Å². The minimum absolute atomic E-state index is 0.0777. The van der Waals surface area contributed by atoms with Gasteiger partial charge in [0.15, 0.2) is 5.58 Å². The summed E-state index contributed by atoms with van der Waals surface area (Å²) in [6, 6.07) is 2.96. The number of anilines is 3. The molecule has 1 aromatic carbocycles. The van der Waals surface area contributed by atoms with Crippen molar-refractivity contribution in [3.05, 3.63) is 39.5 Å². The van der Waals surface area contributed by atoms with Gasteiger partial charge in [0.25, 0.3) is 0 Å². The highest BCUT2D eigenvalue weighted by molar-refractivity contribution is 6.35. The SMILES string of the molecule is CNc1nc(Nc2cc(Cl)c3c(c2)oc(=O)n3C)ncc1C(F)(F)F. The van der Waals surface area contributed by atoms with Gasteiger partial charge >= 0.3 is 11.9 Å². The molecular weight excluding hydrogens is 363 g/mol. The Balaban J connectivity index is 2.00. The van der Waals surface area contributed by atoms with E-state index in [0.29, 0.717) is 17.4 Å². The number of nitrogens with zero attached hydrogens (tertiary/aromatic N) is 3. The molecule has 0 bridgehead atoms. The largest absolute Gasteiger partial charge is 0.421 e.